The highest BCUT2D eigenvalue weighted by molar-refractivity contribution is 5.92. The van der Waals surface area contributed by atoms with Gasteiger partial charge in [0.1, 0.15) is 5.39 Å². The summed E-state index contributed by atoms with van der Waals surface area (Å²) in [5, 5.41) is 3.16. The van der Waals surface area contributed by atoms with Crippen molar-refractivity contribution in [3.63, 3.8) is 0 Å². The highest BCUT2D eigenvalue weighted by Gasteiger charge is 2.30. The summed E-state index contributed by atoms with van der Waals surface area (Å²) in [7, 11) is 2.85. The van der Waals surface area contributed by atoms with Crippen LogP contribution in [0.4, 0.5) is 24.5 Å². The van der Waals surface area contributed by atoms with Crippen LogP contribution in [0.5, 0.6) is 0 Å². The molecule has 1 N–H and O–H groups in total. The largest absolute Gasteiger partial charge is 0.416 e. The van der Waals surface area contributed by atoms with Gasteiger partial charge in [0, 0.05) is 26.0 Å². The minimum atomic E-state index is -4.42. The Bertz CT molecular complexity index is 1110. The van der Waals surface area contributed by atoms with E-state index in [1.165, 1.54) is 37.0 Å². The molecule has 0 aliphatic heterocycles. The minimum Gasteiger partial charge on any atom is -0.354 e. The molecule has 1 aromatic carbocycles. The highest BCUT2D eigenvalue weighted by atomic mass is 19.4. The van der Waals surface area contributed by atoms with Gasteiger partial charge in [0.15, 0.2) is 5.65 Å². The Morgan fingerprint density at radius 1 is 1.04 bits per heavy atom. The molecule has 0 aliphatic carbocycles. The number of nitrogens with one attached hydrogen (secondary N) is 1. The van der Waals surface area contributed by atoms with Crippen molar-refractivity contribution >= 4 is 22.4 Å². The average Bonchev–Trinajstić information content (AvgIpc) is 2.59. The molecule has 0 amide bonds. The summed E-state index contributed by atoms with van der Waals surface area (Å²) in [5.74, 6) is 0. The van der Waals surface area contributed by atoms with E-state index in [9.17, 15) is 22.8 Å². The number of nitrogens with zero attached hydrogens (tertiary/aromatic N) is 3. The average molecular weight is 364 g/mol. The summed E-state index contributed by atoms with van der Waals surface area (Å²) >= 11 is 0. The van der Waals surface area contributed by atoms with E-state index in [0.29, 0.717) is 16.9 Å². The summed E-state index contributed by atoms with van der Waals surface area (Å²) in [5.41, 5.74) is -0.229. The highest BCUT2D eigenvalue weighted by Crippen LogP contribution is 2.31. The maximum Gasteiger partial charge on any atom is 0.416 e. The number of aryl methyl sites for hydroxylation is 2. The third-order valence-corrected chi connectivity index (χ3v) is 4.14. The second-order valence-electron chi connectivity index (χ2n) is 5.92. The molecule has 136 valence electrons. The molecule has 6 nitrogen and oxygen atoms in total. The zero-order valence-corrected chi connectivity index (χ0v) is 14.2. The number of pyridine rings is 1. The van der Waals surface area contributed by atoms with Crippen LogP contribution in [0.2, 0.25) is 0 Å². The molecule has 3 rings (SSSR count). The minimum absolute atomic E-state index is 0.189. The Morgan fingerprint density at radius 3 is 2.23 bits per heavy atom. The van der Waals surface area contributed by atoms with E-state index in [1.54, 1.807) is 6.92 Å². The van der Waals surface area contributed by atoms with E-state index < -0.39 is 23.0 Å². The van der Waals surface area contributed by atoms with Crippen LogP contribution in [0, 0.1) is 6.92 Å². The molecular weight excluding hydrogens is 349 g/mol. The summed E-state index contributed by atoms with van der Waals surface area (Å²) in [6.45, 7) is 1.71. The molecule has 2 aromatic heterocycles. The van der Waals surface area contributed by atoms with E-state index in [1.807, 2.05) is 0 Å². The topological polar surface area (TPSA) is 68.9 Å². The Morgan fingerprint density at radius 2 is 1.65 bits per heavy atom. The third-order valence-electron chi connectivity index (χ3n) is 4.14. The molecule has 0 unspecified atom stereocenters. The second kappa shape index (κ2) is 6.01. The van der Waals surface area contributed by atoms with Gasteiger partial charge in [0.25, 0.3) is 5.56 Å². The normalized spacial score (nSPS) is 11.8. The molecule has 0 saturated carbocycles. The molecule has 2 heterocycles. The number of aromatic nitrogens is 3. The fraction of sp³-hybridized carbons (Fsp3) is 0.235. The Hall–Kier alpha value is -3.10. The fourth-order valence-electron chi connectivity index (χ4n) is 2.67. The van der Waals surface area contributed by atoms with Gasteiger partial charge >= 0.3 is 11.9 Å². The Balaban J connectivity index is 2.18. The van der Waals surface area contributed by atoms with Gasteiger partial charge in [-0.05, 0) is 36.8 Å². The van der Waals surface area contributed by atoms with Gasteiger partial charge in [-0.1, -0.05) is 0 Å². The van der Waals surface area contributed by atoms with Crippen LogP contribution in [0.1, 0.15) is 11.1 Å². The number of alkyl halides is 3. The standard InChI is InChI=1S/C17H15F3N4O2/c1-9-8-21-14-12(15(25)24(3)16(26)23(14)2)13(9)22-11-6-4-10(5-7-11)17(18,19)20/h4-8H,1-3H3,(H,21,22). The van der Waals surface area contributed by atoms with Crippen molar-refractivity contribution in [3.05, 3.63) is 62.4 Å². The first-order chi connectivity index (χ1) is 12.1. The van der Waals surface area contributed by atoms with Gasteiger partial charge in [-0.25, -0.2) is 9.78 Å². The zero-order chi connectivity index (χ0) is 19.2. The SMILES string of the molecule is Cc1cnc2c(c1Nc1ccc(C(F)(F)F)cc1)c(=O)n(C)c(=O)n2C. The monoisotopic (exact) mass is 364 g/mol. The number of rotatable bonds is 2. The van der Waals surface area contributed by atoms with E-state index in [4.69, 9.17) is 0 Å². The molecule has 3 aromatic rings. The molecule has 0 saturated heterocycles. The summed E-state index contributed by atoms with van der Waals surface area (Å²) in [6, 6.07) is 4.46. The lowest BCUT2D eigenvalue weighted by Crippen LogP contribution is -2.37. The number of halogens is 3. The predicted molar refractivity (Wildman–Crippen MR) is 91.7 cm³/mol. The first kappa shape index (κ1) is 17.7. The summed E-state index contributed by atoms with van der Waals surface area (Å²) in [6.07, 6.45) is -2.93. The second-order valence-corrected chi connectivity index (χ2v) is 5.92. The van der Waals surface area contributed by atoms with E-state index in [0.717, 1.165) is 16.7 Å². The number of fused-ring (bicyclic) bond motifs is 1. The van der Waals surface area contributed by atoms with Crippen LogP contribution in [0.3, 0.4) is 0 Å². The lowest BCUT2D eigenvalue weighted by atomic mass is 10.1. The van der Waals surface area contributed by atoms with E-state index >= 15 is 0 Å². The summed E-state index contributed by atoms with van der Waals surface area (Å²) < 4.78 is 40.3. The van der Waals surface area contributed by atoms with Gasteiger partial charge in [-0.15, -0.1) is 0 Å². The molecule has 0 aliphatic rings. The molecule has 9 heteroatoms. The number of hydrogen-bond acceptors (Lipinski definition) is 4. The lowest BCUT2D eigenvalue weighted by molar-refractivity contribution is -0.137. The number of benzene rings is 1. The van der Waals surface area contributed by atoms with Gasteiger partial charge < -0.3 is 5.32 Å². The fourth-order valence-corrected chi connectivity index (χ4v) is 2.67. The Kier molecular flexibility index (Phi) is 4.09. The maximum absolute atomic E-state index is 12.7. The van der Waals surface area contributed by atoms with Crippen LogP contribution in [0.15, 0.2) is 40.1 Å². The smallest absolute Gasteiger partial charge is 0.354 e. The molecule has 0 fully saturated rings. The van der Waals surface area contributed by atoms with Crippen molar-refractivity contribution in [2.24, 2.45) is 14.1 Å². The molecule has 26 heavy (non-hydrogen) atoms. The van der Waals surface area contributed by atoms with Crippen molar-refractivity contribution in [2.75, 3.05) is 5.32 Å². The zero-order valence-electron chi connectivity index (χ0n) is 14.2. The molecule has 0 spiro atoms. The van der Waals surface area contributed by atoms with Gasteiger partial charge in [0.2, 0.25) is 0 Å². The number of hydrogen-bond donors (Lipinski definition) is 1. The molecule has 0 atom stereocenters. The molecule has 0 radical (unpaired) electrons. The van der Waals surface area contributed by atoms with Crippen LogP contribution >= 0.6 is 0 Å². The van der Waals surface area contributed by atoms with Gasteiger partial charge in [-0.3, -0.25) is 13.9 Å². The van der Waals surface area contributed by atoms with Crippen molar-refractivity contribution in [3.8, 4) is 0 Å². The quantitative estimate of drug-likeness (QED) is 0.759. The lowest BCUT2D eigenvalue weighted by Gasteiger charge is -2.15. The van der Waals surface area contributed by atoms with Crippen LogP contribution in [-0.2, 0) is 20.3 Å². The molecule has 0 bridgehead atoms. The van der Waals surface area contributed by atoms with Crippen molar-refractivity contribution in [1.29, 1.82) is 0 Å². The molecular formula is C17H15F3N4O2. The van der Waals surface area contributed by atoms with Gasteiger partial charge in [0.05, 0.1) is 11.3 Å². The van der Waals surface area contributed by atoms with E-state index in [-0.39, 0.29) is 11.0 Å². The van der Waals surface area contributed by atoms with Gasteiger partial charge in [-0.2, -0.15) is 13.2 Å². The van der Waals surface area contributed by atoms with Crippen LogP contribution in [-0.4, -0.2) is 14.1 Å². The first-order valence-electron chi connectivity index (χ1n) is 7.61. The van der Waals surface area contributed by atoms with Crippen LogP contribution in [0.25, 0.3) is 11.0 Å². The predicted octanol–water partition coefficient (Wildman–Crippen LogP) is 2.70. The third kappa shape index (κ3) is 2.85. The van der Waals surface area contributed by atoms with Crippen LogP contribution < -0.4 is 16.6 Å². The van der Waals surface area contributed by atoms with Crippen molar-refractivity contribution < 1.29 is 13.2 Å². The van der Waals surface area contributed by atoms with E-state index in [2.05, 4.69) is 10.3 Å². The number of anilines is 2. The Labute approximate surface area is 145 Å². The van der Waals surface area contributed by atoms with Crippen molar-refractivity contribution in [1.82, 2.24) is 14.1 Å². The van der Waals surface area contributed by atoms with Crippen molar-refractivity contribution in [2.45, 2.75) is 13.1 Å². The first-order valence-corrected chi connectivity index (χ1v) is 7.61. The summed E-state index contributed by atoms with van der Waals surface area (Å²) in [4.78, 5) is 28.8. The maximum atomic E-state index is 12.7.